The summed E-state index contributed by atoms with van der Waals surface area (Å²) in [5, 5.41) is 0. The van der Waals surface area contributed by atoms with Crippen LogP contribution in [-0.2, 0) is 5.67 Å². The van der Waals surface area contributed by atoms with E-state index in [4.69, 9.17) is 0 Å². The number of hydrogen-bond donors (Lipinski definition) is 1. The van der Waals surface area contributed by atoms with Crippen molar-refractivity contribution in [3.8, 4) is 0 Å². The van der Waals surface area contributed by atoms with Crippen molar-refractivity contribution in [3.05, 3.63) is 23.9 Å². The van der Waals surface area contributed by atoms with E-state index in [2.05, 4.69) is 8.51 Å². The second-order valence-corrected chi connectivity index (χ2v) is 3.54. The molecule has 0 bridgehead atoms. The molecule has 0 aliphatic heterocycles. The summed E-state index contributed by atoms with van der Waals surface area (Å²) in [7, 11) is 0. The number of nitrogens with one attached hydrogen (secondary N) is 1. The Morgan fingerprint density at radius 3 is 2.75 bits per heavy atom. The van der Waals surface area contributed by atoms with Gasteiger partial charge in [-0.2, -0.15) is 0 Å². The lowest BCUT2D eigenvalue weighted by molar-refractivity contribution is 0.221. The molecule has 0 aliphatic rings. The van der Waals surface area contributed by atoms with Gasteiger partial charge < -0.3 is 3.53 Å². The molecule has 1 aromatic heterocycles. The molecule has 0 radical (unpaired) electrons. The molecule has 4 heteroatoms. The third-order valence-corrected chi connectivity index (χ3v) is 2.10. The second kappa shape index (κ2) is 3.55. The van der Waals surface area contributed by atoms with E-state index < -0.39 is 5.67 Å². The maximum absolute atomic E-state index is 13.4. The lowest BCUT2D eigenvalue weighted by Gasteiger charge is -2.14. The van der Waals surface area contributed by atoms with Crippen LogP contribution in [0.4, 0.5) is 10.2 Å². The summed E-state index contributed by atoms with van der Waals surface area (Å²) in [6.45, 7) is 3.05. The predicted molar refractivity (Wildman–Crippen MR) is 56.0 cm³/mol. The van der Waals surface area contributed by atoms with Gasteiger partial charge >= 0.3 is 0 Å². The van der Waals surface area contributed by atoms with E-state index in [9.17, 15) is 4.39 Å². The molecule has 0 aromatic carbocycles. The third-order valence-electron chi connectivity index (χ3n) is 1.54. The summed E-state index contributed by atoms with van der Waals surface area (Å²) in [5.41, 5.74) is -0.665. The van der Waals surface area contributed by atoms with Crippen LogP contribution in [0.3, 0.4) is 0 Å². The number of anilines is 1. The summed E-state index contributed by atoms with van der Waals surface area (Å²) >= 11 is 1.96. The van der Waals surface area contributed by atoms with Crippen LogP contribution < -0.4 is 3.53 Å². The van der Waals surface area contributed by atoms with E-state index in [1.54, 1.807) is 18.3 Å². The number of pyridine rings is 1. The van der Waals surface area contributed by atoms with Gasteiger partial charge in [-0.15, -0.1) is 0 Å². The zero-order valence-corrected chi connectivity index (χ0v) is 9.09. The number of hydrogen-bond acceptors (Lipinski definition) is 2. The van der Waals surface area contributed by atoms with Crippen molar-refractivity contribution in [3.63, 3.8) is 0 Å². The topological polar surface area (TPSA) is 24.9 Å². The summed E-state index contributed by atoms with van der Waals surface area (Å²) in [6, 6.07) is 3.38. The Labute approximate surface area is 85.1 Å². The van der Waals surface area contributed by atoms with Crippen molar-refractivity contribution in [2.24, 2.45) is 0 Å². The molecule has 66 valence electrons. The molecule has 12 heavy (non-hydrogen) atoms. The van der Waals surface area contributed by atoms with E-state index in [0.29, 0.717) is 11.4 Å². The summed E-state index contributed by atoms with van der Waals surface area (Å²) in [5.74, 6) is 0.679. The molecule has 0 fully saturated rings. The lowest BCUT2D eigenvalue weighted by Crippen LogP contribution is -2.09. The van der Waals surface area contributed by atoms with Gasteiger partial charge in [0.2, 0.25) is 0 Å². The SMILES string of the molecule is CC(C)(F)c1ccnc(NI)c1. The van der Waals surface area contributed by atoms with Crippen molar-refractivity contribution < 1.29 is 4.39 Å². The quantitative estimate of drug-likeness (QED) is 0.665. The van der Waals surface area contributed by atoms with Gasteiger partial charge in [-0.25, -0.2) is 9.37 Å². The van der Waals surface area contributed by atoms with Crippen molar-refractivity contribution in [1.82, 2.24) is 4.98 Å². The minimum absolute atomic E-state index is 0.636. The van der Waals surface area contributed by atoms with Crippen LogP contribution in [-0.4, -0.2) is 4.98 Å². The standard InChI is InChI=1S/C8H10FIN2/c1-8(2,9)6-3-4-11-7(5-6)12-10/h3-5H,1-2H3,(H,11,12). The van der Waals surface area contributed by atoms with E-state index >= 15 is 0 Å². The highest BCUT2D eigenvalue weighted by Gasteiger charge is 2.18. The Kier molecular flexibility index (Phi) is 2.87. The minimum Gasteiger partial charge on any atom is -0.313 e. The van der Waals surface area contributed by atoms with E-state index in [1.807, 2.05) is 22.9 Å². The minimum atomic E-state index is -1.30. The van der Waals surface area contributed by atoms with Gasteiger partial charge in [0.15, 0.2) is 0 Å². The lowest BCUT2D eigenvalue weighted by atomic mass is 10.0. The zero-order valence-electron chi connectivity index (χ0n) is 6.94. The van der Waals surface area contributed by atoms with E-state index in [1.165, 1.54) is 13.8 Å². The Balaban J connectivity index is 3.02. The highest BCUT2D eigenvalue weighted by Crippen LogP contribution is 2.25. The van der Waals surface area contributed by atoms with Crippen molar-refractivity contribution in [2.75, 3.05) is 3.53 Å². The molecular formula is C8H10FIN2. The molecule has 1 heterocycles. The first-order valence-electron chi connectivity index (χ1n) is 3.56. The average molecular weight is 280 g/mol. The fraction of sp³-hybridized carbons (Fsp3) is 0.375. The maximum Gasteiger partial charge on any atom is 0.134 e. The summed E-state index contributed by atoms with van der Waals surface area (Å²) in [4.78, 5) is 3.99. The van der Waals surface area contributed by atoms with E-state index in [-0.39, 0.29) is 0 Å². The van der Waals surface area contributed by atoms with Gasteiger partial charge in [0, 0.05) is 6.20 Å². The van der Waals surface area contributed by atoms with Crippen LogP contribution in [0.2, 0.25) is 0 Å². The van der Waals surface area contributed by atoms with Crippen molar-refractivity contribution >= 4 is 28.7 Å². The number of alkyl halides is 1. The third kappa shape index (κ3) is 2.30. The molecule has 1 rings (SSSR count). The molecule has 0 spiro atoms. The van der Waals surface area contributed by atoms with Crippen LogP contribution in [0.5, 0.6) is 0 Å². The van der Waals surface area contributed by atoms with Crippen LogP contribution in [0.1, 0.15) is 19.4 Å². The molecule has 0 atom stereocenters. The molecule has 0 unspecified atom stereocenters. The predicted octanol–water partition coefficient (Wildman–Crippen LogP) is 3.05. The highest BCUT2D eigenvalue weighted by molar-refractivity contribution is 14.1. The van der Waals surface area contributed by atoms with Crippen LogP contribution in [0.15, 0.2) is 18.3 Å². The molecule has 1 N–H and O–H groups in total. The maximum atomic E-state index is 13.4. The fourth-order valence-electron chi connectivity index (χ4n) is 0.852. The Bertz CT molecular complexity index is 270. The van der Waals surface area contributed by atoms with Gasteiger partial charge in [0.25, 0.3) is 0 Å². The van der Waals surface area contributed by atoms with Crippen LogP contribution in [0.25, 0.3) is 0 Å². The van der Waals surface area contributed by atoms with E-state index in [0.717, 1.165) is 0 Å². The Hall–Kier alpha value is -0.390. The first-order chi connectivity index (χ1) is 5.54. The first kappa shape index (κ1) is 9.70. The smallest absolute Gasteiger partial charge is 0.134 e. The zero-order chi connectivity index (χ0) is 9.19. The Morgan fingerprint density at radius 2 is 2.25 bits per heavy atom. The van der Waals surface area contributed by atoms with Crippen LogP contribution >= 0.6 is 22.9 Å². The first-order valence-corrected chi connectivity index (χ1v) is 4.64. The number of aromatic nitrogens is 1. The van der Waals surface area contributed by atoms with Gasteiger partial charge in [-0.1, -0.05) is 0 Å². The molecule has 0 saturated carbocycles. The molecule has 2 nitrogen and oxygen atoms in total. The fourth-order valence-corrected chi connectivity index (χ4v) is 1.15. The number of rotatable bonds is 2. The van der Waals surface area contributed by atoms with Gasteiger partial charge in [-0.05, 0) is 31.5 Å². The largest absolute Gasteiger partial charge is 0.313 e. The highest BCUT2D eigenvalue weighted by atomic mass is 127. The van der Waals surface area contributed by atoms with Crippen LogP contribution in [0, 0.1) is 0 Å². The second-order valence-electron chi connectivity index (χ2n) is 3.00. The number of halogens is 2. The average Bonchev–Trinajstić information content (AvgIpc) is 2.03. The summed E-state index contributed by atoms with van der Waals surface area (Å²) < 4.78 is 16.2. The molecular weight excluding hydrogens is 270 g/mol. The molecule has 0 amide bonds. The normalized spacial score (nSPS) is 11.3. The van der Waals surface area contributed by atoms with Gasteiger partial charge in [0.1, 0.15) is 11.5 Å². The molecule has 0 aliphatic carbocycles. The molecule has 0 saturated heterocycles. The number of nitrogens with zero attached hydrogens (tertiary/aromatic N) is 1. The monoisotopic (exact) mass is 280 g/mol. The van der Waals surface area contributed by atoms with Gasteiger partial charge in [0.05, 0.1) is 22.9 Å². The van der Waals surface area contributed by atoms with Crippen molar-refractivity contribution in [2.45, 2.75) is 19.5 Å². The molecule has 1 aromatic rings. The summed E-state index contributed by atoms with van der Waals surface area (Å²) in [6.07, 6.45) is 1.59. The van der Waals surface area contributed by atoms with Gasteiger partial charge in [-0.3, -0.25) is 0 Å². The van der Waals surface area contributed by atoms with Crippen molar-refractivity contribution in [1.29, 1.82) is 0 Å². The Morgan fingerprint density at radius 1 is 1.58 bits per heavy atom.